The van der Waals surface area contributed by atoms with Crippen LogP contribution in [0.4, 0.5) is 10.1 Å². The third kappa shape index (κ3) is 5.70. The van der Waals surface area contributed by atoms with E-state index in [4.69, 9.17) is 10.5 Å². The van der Waals surface area contributed by atoms with E-state index in [1.54, 1.807) is 0 Å². The number of nitrogens with two attached hydrogens (primary N) is 1. The first kappa shape index (κ1) is 15.4. The van der Waals surface area contributed by atoms with Crippen LogP contribution in [-0.4, -0.2) is 25.7 Å². The number of amides is 1. The number of ether oxygens (including phenoxy) is 1. The lowest BCUT2D eigenvalue weighted by Crippen LogP contribution is -2.25. The molecule has 3 N–H and O–H groups in total. The predicted octanol–water partition coefficient (Wildman–Crippen LogP) is 2.20. The minimum Gasteiger partial charge on any atom is -0.396 e. The Labute approximate surface area is 113 Å². The fourth-order valence-corrected chi connectivity index (χ4v) is 1.48. The maximum Gasteiger partial charge on any atom is 0.251 e. The normalized spacial score (nSPS) is 10.7. The van der Waals surface area contributed by atoms with E-state index in [0.29, 0.717) is 24.6 Å². The number of halogens is 1. The zero-order valence-corrected chi connectivity index (χ0v) is 11.4. The number of anilines is 1. The lowest BCUT2D eigenvalue weighted by atomic mass is 10.2. The summed E-state index contributed by atoms with van der Waals surface area (Å²) in [6.07, 6.45) is 0.745. The number of nitrogens with one attached hydrogen (secondary N) is 1. The molecule has 0 bridgehead atoms. The van der Waals surface area contributed by atoms with E-state index in [1.165, 1.54) is 18.2 Å². The second kappa shape index (κ2) is 7.74. The summed E-state index contributed by atoms with van der Waals surface area (Å²) in [5.41, 5.74) is 5.75. The van der Waals surface area contributed by atoms with Crippen LogP contribution in [0, 0.1) is 11.7 Å². The molecule has 0 aromatic heterocycles. The summed E-state index contributed by atoms with van der Waals surface area (Å²) in [6, 6.07) is 3.94. The van der Waals surface area contributed by atoms with Crippen molar-refractivity contribution in [3.8, 4) is 0 Å². The quantitative estimate of drug-likeness (QED) is 0.588. The third-order valence-electron chi connectivity index (χ3n) is 2.46. The molecule has 0 unspecified atom stereocenters. The molecule has 1 aromatic rings. The van der Waals surface area contributed by atoms with Crippen molar-refractivity contribution in [2.75, 3.05) is 25.5 Å². The molecule has 0 heterocycles. The van der Waals surface area contributed by atoms with Crippen molar-refractivity contribution < 1.29 is 13.9 Å². The molecule has 1 amide bonds. The Morgan fingerprint density at radius 1 is 1.47 bits per heavy atom. The summed E-state index contributed by atoms with van der Waals surface area (Å²) in [5.74, 6) is -0.258. The van der Waals surface area contributed by atoms with Crippen LogP contribution >= 0.6 is 0 Å². The lowest BCUT2D eigenvalue weighted by molar-refractivity contribution is 0.0925. The minimum absolute atomic E-state index is 0.0204. The van der Waals surface area contributed by atoms with Crippen LogP contribution in [0.15, 0.2) is 18.2 Å². The highest BCUT2D eigenvalue weighted by Gasteiger charge is 2.07. The first-order chi connectivity index (χ1) is 9.00. The van der Waals surface area contributed by atoms with Crippen molar-refractivity contribution in [3.63, 3.8) is 0 Å². The highest BCUT2D eigenvalue weighted by Crippen LogP contribution is 2.11. The number of carbonyl (C=O) groups excluding carboxylic acids is 1. The van der Waals surface area contributed by atoms with Crippen molar-refractivity contribution in [3.05, 3.63) is 29.6 Å². The summed E-state index contributed by atoms with van der Waals surface area (Å²) in [7, 11) is 0. The van der Waals surface area contributed by atoms with Gasteiger partial charge >= 0.3 is 0 Å². The van der Waals surface area contributed by atoms with Gasteiger partial charge in [-0.15, -0.1) is 0 Å². The Balaban J connectivity index is 2.26. The average Bonchev–Trinajstić information content (AvgIpc) is 2.36. The molecule has 0 saturated carbocycles. The van der Waals surface area contributed by atoms with Crippen molar-refractivity contribution in [2.24, 2.45) is 5.92 Å². The zero-order chi connectivity index (χ0) is 14.3. The van der Waals surface area contributed by atoms with Crippen molar-refractivity contribution >= 4 is 11.6 Å². The van der Waals surface area contributed by atoms with Crippen LogP contribution in [0.1, 0.15) is 30.6 Å². The van der Waals surface area contributed by atoms with Gasteiger partial charge < -0.3 is 15.8 Å². The summed E-state index contributed by atoms with van der Waals surface area (Å²) < 4.78 is 18.3. The summed E-state index contributed by atoms with van der Waals surface area (Å²) in [6.45, 7) is 6.03. The smallest absolute Gasteiger partial charge is 0.251 e. The van der Waals surface area contributed by atoms with E-state index in [0.717, 1.165) is 13.0 Å². The molecule has 106 valence electrons. The number of nitrogen functional groups attached to an aromatic ring is 1. The van der Waals surface area contributed by atoms with Crippen LogP contribution in [0.25, 0.3) is 0 Å². The van der Waals surface area contributed by atoms with Gasteiger partial charge in [0.1, 0.15) is 5.82 Å². The molecule has 5 heteroatoms. The molecule has 4 nitrogen and oxygen atoms in total. The Kier molecular flexibility index (Phi) is 6.29. The molecule has 0 fully saturated rings. The fraction of sp³-hybridized carbons (Fsp3) is 0.500. The van der Waals surface area contributed by atoms with E-state index in [1.807, 2.05) is 0 Å². The van der Waals surface area contributed by atoms with Gasteiger partial charge in [-0.05, 0) is 30.5 Å². The Hall–Kier alpha value is -1.62. The highest BCUT2D eigenvalue weighted by atomic mass is 19.1. The molecule has 0 aliphatic heterocycles. The average molecular weight is 268 g/mol. The first-order valence-corrected chi connectivity index (χ1v) is 6.41. The van der Waals surface area contributed by atoms with E-state index in [2.05, 4.69) is 19.2 Å². The van der Waals surface area contributed by atoms with Gasteiger partial charge in [0, 0.05) is 25.3 Å². The highest BCUT2D eigenvalue weighted by molar-refractivity contribution is 5.94. The third-order valence-corrected chi connectivity index (χ3v) is 2.46. The van der Waals surface area contributed by atoms with E-state index in [-0.39, 0.29) is 11.6 Å². The Morgan fingerprint density at radius 3 is 2.84 bits per heavy atom. The molecule has 0 radical (unpaired) electrons. The van der Waals surface area contributed by atoms with Gasteiger partial charge in [-0.1, -0.05) is 13.8 Å². The molecular weight excluding hydrogens is 247 g/mol. The Bertz CT molecular complexity index is 422. The van der Waals surface area contributed by atoms with Crippen molar-refractivity contribution in [1.82, 2.24) is 5.32 Å². The molecule has 0 spiro atoms. The van der Waals surface area contributed by atoms with Crippen LogP contribution in [0.3, 0.4) is 0 Å². The SMILES string of the molecule is CC(C)COCCCNC(=O)c1ccc(F)c(N)c1. The molecular formula is C14H21FN2O2. The topological polar surface area (TPSA) is 64.3 Å². The number of hydrogen-bond acceptors (Lipinski definition) is 3. The number of carbonyl (C=O) groups is 1. The molecule has 0 atom stereocenters. The van der Waals surface area contributed by atoms with Crippen molar-refractivity contribution in [2.45, 2.75) is 20.3 Å². The van der Waals surface area contributed by atoms with Gasteiger partial charge in [-0.25, -0.2) is 4.39 Å². The monoisotopic (exact) mass is 268 g/mol. The lowest BCUT2D eigenvalue weighted by Gasteiger charge is -2.08. The number of hydrogen-bond donors (Lipinski definition) is 2. The molecule has 0 saturated heterocycles. The zero-order valence-electron chi connectivity index (χ0n) is 11.4. The minimum atomic E-state index is -0.515. The van der Waals surface area contributed by atoms with Crippen molar-refractivity contribution in [1.29, 1.82) is 0 Å². The molecule has 0 aliphatic carbocycles. The molecule has 1 rings (SSSR count). The number of rotatable bonds is 7. The largest absolute Gasteiger partial charge is 0.396 e. The van der Waals surface area contributed by atoms with Gasteiger partial charge in [0.25, 0.3) is 5.91 Å². The second-order valence-electron chi connectivity index (χ2n) is 4.81. The van der Waals surface area contributed by atoms with E-state index < -0.39 is 5.82 Å². The maximum atomic E-state index is 12.9. The fourth-order valence-electron chi connectivity index (χ4n) is 1.48. The van der Waals surface area contributed by atoms with Crippen LogP contribution in [0.2, 0.25) is 0 Å². The summed E-state index contributed by atoms with van der Waals surface area (Å²) >= 11 is 0. The van der Waals surface area contributed by atoms with Gasteiger partial charge in [0.15, 0.2) is 0 Å². The van der Waals surface area contributed by atoms with Crippen LogP contribution in [0.5, 0.6) is 0 Å². The summed E-state index contributed by atoms with van der Waals surface area (Å²) in [4.78, 5) is 11.7. The second-order valence-corrected chi connectivity index (χ2v) is 4.81. The van der Waals surface area contributed by atoms with Crippen LogP contribution < -0.4 is 11.1 Å². The van der Waals surface area contributed by atoms with Crippen LogP contribution in [-0.2, 0) is 4.74 Å². The van der Waals surface area contributed by atoms with Gasteiger partial charge in [0.2, 0.25) is 0 Å². The van der Waals surface area contributed by atoms with Gasteiger partial charge in [-0.3, -0.25) is 4.79 Å². The molecule has 0 aliphatic rings. The summed E-state index contributed by atoms with van der Waals surface area (Å²) in [5, 5.41) is 2.74. The molecule has 19 heavy (non-hydrogen) atoms. The molecule has 1 aromatic carbocycles. The van der Waals surface area contributed by atoms with Gasteiger partial charge in [0.05, 0.1) is 5.69 Å². The first-order valence-electron chi connectivity index (χ1n) is 6.41. The standard InChI is InChI=1S/C14H21FN2O2/c1-10(2)9-19-7-3-6-17-14(18)11-4-5-12(15)13(16)8-11/h4-5,8,10H,3,6-7,9,16H2,1-2H3,(H,17,18). The Morgan fingerprint density at radius 2 is 2.21 bits per heavy atom. The van der Waals surface area contributed by atoms with Gasteiger partial charge in [-0.2, -0.15) is 0 Å². The van der Waals surface area contributed by atoms with E-state index in [9.17, 15) is 9.18 Å². The van der Waals surface area contributed by atoms with E-state index >= 15 is 0 Å². The maximum absolute atomic E-state index is 12.9. The predicted molar refractivity (Wildman–Crippen MR) is 73.4 cm³/mol. The number of benzene rings is 1.